The first kappa shape index (κ1) is 14.8. The number of carbonyl (C=O) groups excluding carboxylic acids is 1. The third-order valence-corrected chi connectivity index (χ3v) is 4.04. The quantitative estimate of drug-likeness (QED) is 0.648. The summed E-state index contributed by atoms with van der Waals surface area (Å²) in [6.45, 7) is 3.59. The van der Waals surface area contributed by atoms with Crippen LogP contribution in [0.4, 0.5) is 5.69 Å². The second-order valence-electron chi connectivity index (χ2n) is 5.68. The van der Waals surface area contributed by atoms with E-state index in [-0.39, 0.29) is 5.91 Å². The molecule has 0 unspecified atom stereocenters. The SMILES string of the molecule is Cc1ccc(C(=O)N2CCC(N(C)C)CC2)c(NN)c1. The van der Waals surface area contributed by atoms with Crippen LogP contribution in [0.25, 0.3) is 0 Å². The highest BCUT2D eigenvalue weighted by atomic mass is 16.2. The van der Waals surface area contributed by atoms with Crippen LogP contribution in [0.15, 0.2) is 18.2 Å². The lowest BCUT2D eigenvalue weighted by Gasteiger charge is -2.35. The molecule has 0 bridgehead atoms. The monoisotopic (exact) mass is 276 g/mol. The van der Waals surface area contributed by atoms with Gasteiger partial charge >= 0.3 is 0 Å². The maximum absolute atomic E-state index is 12.6. The molecule has 2 rings (SSSR count). The van der Waals surface area contributed by atoms with Crippen LogP contribution in [-0.2, 0) is 0 Å². The van der Waals surface area contributed by atoms with Gasteiger partial charge in [0, 0.05) is 19.1 Å². The van der Waals surface area contributed by atoms with Gasteiger partial charge in [-0.3, -0.25) is 10.6 Å². The van der Waals surface area contributed by atoms with E-state index < -0.39 is 0 Å². The van der Waals surface area contributed by atoms with Crippen molar-refractivity contribution >= 4 is 11.6 Å². The number of hydrazine groups is 1. The summed E-state index contributed by atoms with van der Waals surface area (Å²) in [6.07, 6.45) is 2.05. The Balaban J connectivity index is 2.09. The van der Waals surface area contributed by atoms with E-state index in [9.17, 15) is 4.79 Å². The Labute approximate surface area is 120 Å². The molecule has 1 heterocycles. The summed E-state index contributed by atoms with van der Waals surface area (Å²) in [5.74, 6) is 5.59. The molecule has 1 aliphatic rings. The zero-order valence-electron chi connectivity index (χ0n) is 12.5. The van der Waals surface area contributed by atoms with Gasteiger partial charge in [-0.15, -0.1) is 0 Å². The van der Waals surface area contributed by atoms with Gasteiger partial charge in [-0.05, 0) is 51.6 Å². The molecular weight excluding hydrogens is 252 g/mol. The van der Waals surface area contributed by atoms with E-state index in [1.807, 2.05) is 30.0 Å². The van der Waals surface area contributed by atoms with Crippen LogP contribution in [0, 0.1) is 6.92 Å². The van der Waals surface area contributed by atoms with E-state index in [1.165, 1.54) is 0 Å². The lowest BCUT2D eigenvalue weighted by molar-refractivity contribution is 0.0664. The molecule has 1 fully saturated rings. The molecule has 0 spiro atoms. The van der Waals surface area contributed by atoms with Crippen LogP contribution < -0.4 is 11.3 Å². The summed E-state index contributed by atoms with van der Waals surface area (Å²) in [6, 6.07) is 6.27. The highest BCUT2D eigenvalue weighted by Crippen LogP contribution is 2.21. The van der Waals surface area contributed by atoms with Gasteiger partial charge in [0.15, 0.2) is 0 Å². The number of benzene rings is 1. The number of hydrogen-bond donors (Lipinski definition) is 2. The molecular formula is C15H24N4O. The number of aryl methyl sites for hydroxylation is 1. The van der Waals surface area contributed by atoms with E-state index in [1.54, 1.807) is 0 Å². The molecule has 1 saturated heterocycles. The van der Waals surface area contributed by atoms with E-state index >= 15 is 0 Å². The van der Waals surface area contributed by atoms with Crippen LogP contribution in [0.2, 0.25) is 0 Å². The number of anilines is 1. The van der Waals surface area contributed by atoms with Crippen molar-refractivity contribution in [3.63, 3.8) is 0 Å². The van der Waals surface area contributed by atoms with Crippen LogP contribution in [0.3, 0.4) is 0 Å². The number of nitrogens with zero attached hydrogens (tertiary/aromatic N) is 2. The molecule has 0 aromatic heterocycles. The standard InChI is InChI=1S/C15H24N4O/c1-11-4-5-13(14(10-11)17-16)15(20)19-8-6-12(7-9-19)18(2)3/h4-5,10,12,17H,6-9,16H2,1-3H3. The van der Waals surface area contributed by atoms with Gasteiger partial charge in [-0.2, -0.15) is 0 Å². The molecule has 5 heteroatoms. The highest BCUT2D eigenvalue weighted by molar-refractivity contribution is 5.99. The Kier molecular flexibility index (Phi) is 4.62. The summed E-state index contributed by atoms with van der Waals surface area (Å²) in [7, 11) is 4.19. The van der Waals surface area contributed by atoms with Crippen LogP contribution in [-0.4, -0.2) is 48.9 Å². The number of nitrogen functional groups attached to an aromatic ring is 1. The van der Waals surface area contributed by atoms with Crippen molar-refractivity contribution in [2.24, 2.45) is 5.84 Å². The van der Waals surface area contributed by atoms with E-state index in [0.717, 1.165) is 31.5 Å². The molecule has 0 radical (unpaired) electrons. The van der Waals surface area contributed by atoms with Gasteiger partial charge in [0.05, 0.1) is 11.3 Å². The van der Waals surface area contributed by atoms with Gasteiger partial charge in [0.2, 0.25) is 0 Å². The second-order valence-corrected chi connectivity index (χ2v) is 5.68. The normalized spacial score (nSPS) is 16.6. The fraction of sp³-hybridized carbons (Fsp3) is 0.533. The lowest BCUT2D eigenvalue weighted by Crippen LogP contribution is -2.44. The van der Waals surface area contributed by atoms with Crippen molar-refractivity contribution in [1.82, 2.24) is 9.80 Å². The maximum Gasteiger partial charge on any atom is 0.256 e. The average molecular weight is 276 g/mol. The fourth-order valence-electron chi connectivity index (χ4n) is 2.72. The minimum absolute atomic E-state index is 0.0650. The van der Waals surface area contributed by atoms with Gasteiger partial charge in [-0.25, -0.2) is 0 Å². The maximum atomic E-state index is 12.6. The first-order valence-electron chi connectivity index (χ1n) is 7.06. The summed E-state index contributed by atoms with van der Waals surface area (Å²) >= 11 is 0. The Bertz CT molecular complexity index is 479. The Morgan fingerprint density at radius 3 is 2.55 bits per heavy atom. The molecule has 1 aromatic carbocycles. The second kappa shape index (κ2) is 6.24. The molecule has 1 aliphatic heterocycles. The van der Waals surface area contributed by atoms with E-state index in [2.05, 4.69) is 24.4 Å². The van der Waals surface area contributed by atoms with Crippen molar-refractivity contribution in [3.8, 4) is 0 Å². The molecule has 110 valence electrons. The summed E-state index contributed by atoms with van der Waals surface area (Å²) in [4.78, 5) is 16.7. The molecule has 3 N–H and O–H groups in total. The van der Waals surface area contributed by atoms with Crippen LogP contribution in [0.1, 0.15) is 28.8 Å². The van der Waals surface area contributed by atoms with Gasteiger partial charge in [-0.1, -0.05) is 6.07 Å². The smallest absolute Gasteiger partial charge is 0.256 e. The summed E-state index contributed by atoms with van der Waals surface area (Å²) in [5.41, 5.74) is 5.06. The molecule has 1 aromatic rings. The van der Waals surface area contributed by atoms with E-state index in [4.69, 9.17) is 5.84 Å². The summed E-state index contributed by atoms with van der Waals surface area (Å²) < 4.78 is 0. The summed E-state index contributed by atoms with van der Waals surface area (Å²) in [5, 5.41) is 0. The fourth-order valence-corrected chi connectivity index (χ4v) is 2.72. The number of rotatable bonds is 3. The molecule has 0 atom stereocenters. The highest BCUT2D eigenvalue weighted by Gasteiger charge is 2.25. The van der Waals surface area contributed by atoms with Gasteiger partial charge < -0.3 is 15.2 Å². The minimum Gasteiger partial charge on any atom is -0.338 e. The van der Waals surface area contributed by atoms with Crippen molar-refractivity contribution < 1.29 is 4.79 Å². The number of nitrogens with one attached hydrogen (secondary N) is 1. The molecule has 0 saturated carbocycles. The molecule has 5 nitrogen and oxygen atoms in total. The number of nitrogens with two attached hydrogens (primary N) is 1. The Morgan fingerprint density at radius 2 is 2.00 bits per heavy atom. The zero-order chi connectivity index (χ0) is 14.7. The topological polar surface area (TPSA) is 61.6 Å². The predicted molar refractivity (Wildman–Crippen MR) is 81.6 cm³/mol. The number of carbonyl (C=O) groups is 1. The van der Waals surface area contributed by atoms with Gasteiger partial charge in [0.25, 0.3) is 5.91 Å². The number of piperidine rings is 1. The Morgan fingerprint density at radius 1 is 1.35 bits per heavy atom. The van der Waals surface area contributed by atoms with Crippen LogP contribution >= 0.6 is 0 Å². The minimum atomic E-state index is 0.0650. The van der Waals surface area contributed by atoms with Crippen molar-refractivity contribution in [2.75, 3.05) is 32.6 Å². The largest absolute Gasteiger partial charge is 0.338 e. The van der Waals surface area contributed by atoms with Gasteiger partial charge in [0.1, 0.15) is 0 Å². The number of hydrogen-bond acceptors (Lipinski definition) is 4. The third-order valence-electron chi connectivity index (χ3n) is 4.04. The first-order chi connectivity index (χ1) is 9.52. The predicted octanol–water partition coefficient (Wildman–Crippen LogP) is 1.45. The van der Waals surface area contributed by atoms with Crippen molar-refractivity contribution in [1.29, 1.82) is 0 Å². The van der Waals surface area contributed by atoms with Crippen molar-refractivity contribution in [3.05, 3.63) is 29.3 Å². The van der Waals surface area contributed by atoms with Crippen molar-refractivity contribution in [2.45, 2.75) is 25.8 Å². The Hall–Kier alpha value is -1.59. The molecule has 20 heavy (non-hydrogen) atoms. The zero-order valence-corrected chi connectivity index (χ0v) is 12.5. The number of amides is 1. The van der Waals surface area contributed by atoms with Crippen LogP contribution in [0.5, 0.6) is 0 Å². The van der Waals surface area contributed by atoms with E-state index in [0.29, 0.717) is 17.3 Å². The lowest BCUT2D eigenvalue weighted by atomic mass is 10.0. The third kappa shape index (κ3) is 3.11. The number of likely N-dealkylation sites (tertiary alicyclic amines) is 1. The molecule has 1 amide bonds. The first-order valence-corrected chi connectivity index (χ1v) is 7.06. The molecule has 0 aliphatic carbocycles. The average Bonchev–Trinajstić information content (AvgIpc) is 2.46.